The zero-order valence-electron chi connectivity index (χ0n) is 9.82. The second kappa shape index (κ2) is 4.92. The van der Waals surface area contributed by atoms with Crippen molar-refractivity contribution in [2.24, 2.45) is 0 Å². The van der Waals surface area contributed by atoms with E-state index in [9.17, 15) is 27.7 Å². The van der Waals surface area contributed by atoms with Gasteiger partial charge in [0.2, 0.25) is 5.82 Å². The third-order valence-electron chi connectivity index (χ3n) is 2.70. The summed E-state index contributed by atoms with van der Waals surface area (Å²) in [5.74, 6) is -1.07. The normalized spacial score (nSPS) is 11.4. The van der Waals surface area contributed by atoms with E-state index in [1.54, 1.807) is 0 Å². The highest BCUT2D eigenvalue weighted by molar-refractivity contribution is 5.67. The molecule has 0 spiro atoms. The van der Waals surface area contributed by atoms with Crippen LogP contribution in [0.15, 0.2) is 42.5 Å². The van der Waals surface area contributed by atoms with Gasteiger partial charge >= 0.3 is 11.9 Å². The lowest BCUT2D eigenvalue weighted by Gasteiger charge is -2.08. The van der Waals surface area contributed by atoms with Gasteiger partial charge in [-0.3, -0.25) is 10.1 Å². The summed E-state index contributed by atoms with van der Waals surface area (Å²) in [7, 11) is 0. The van der Waals surface area contributed by atoms with Crippen LogP contribution < -0.4 is 0 Å². The fraction of sp³-hybridized carbons (Fsp3) is 0.0769. The third kappa shape index (κ3) is 2.61. The number of nitrogens with zero attached hydrogens (tertiary/aromatic N) is 1. The first-order valence-electron chi connectivity index (χ1n) is 5.41. The fourth-order valence-electron chi connectivity index (χ4n) is 1.72. The van der Waals surface area contributed by atoms with Crippen LogP contribution in [0, 0.1) is 15.9 Å². The number of benzene rings is 2. The van der Waals surface area contributed by atoms with Crippen molar-refractivity contribution in [2.45, 2.75) is 6.18 Å². The summed E-state index contributed by atoms with van der Waals surface area (Å²) in [4.78, 5) is 9.72. The third-order valence-corrected chi connectivity index (χ3v) is 2.70. The second-order valence-electron chi connectivity index (χ2n) is 3.97. The number of hydrogen-bond donors (Lipinski definition) is 0. The van der Waals surface area contributed by atoms with E-state index in [1.807, 2.05) is 0 Å². The fourth-order valence-corrected chi connectivity index (χ4v) is 1.72. The minimum absolute atomic E-state index is 0.118. The van der Waals surface area contributed by atoms with E-state index in [4.69, 9.17) is 0 Å². The average molecular weight is 285 g/mol. The van der Waals surface area contributed by atoms with Crippen molar-refractivity contribution >= 4 is 5.69 Å². The van der Waals surface area contributed by atoms with Gasteiger partial charge in [0, 0.05) is 11.6 Å². The SMILES string of the molecule is O=[N+]([O-])c1cccc(-c2ccc(C(F)(F)F)cc2)c1F. The van der Waals surface area contributed by atoms with Crippen LogP contribution in [0.3, 0.4) is 0 Å². The van der Waals surface area contributed by atoms with Crippen molar-refractivity contribution < 1.29 is 22.5 Å². The molecule has 0 amide bonds. The second-order valence-corrected chi connectivity index (χ2v) is 3.97. The lowest BCUT2D eigenvalue weighted by atomic mass is 10.0. The molecule has 0 aliphatic carbocycles. The van der Waals surface area contributed by atoms with Gasteiger partial charge in [0.15, 0.2) is 0 Å². The van der Waals surface area contributed by atoms with Gasteiger partial charge in [-0.15, -0.1) is 0 Å². The molecule has 2 rings (SSSR count). The van der Waals surface area contributed by atoms with E-state index in [-0.39, 0.29) is 11.1 Å². The topological polar surface area (TPSA) is 43.1 Å². The molecule has 0 bridgehead atoms. The van der Waals surface area contributed by atoms with E-state index in [2.05, 4.69) is 0 Å². The van der Waals surface area contributed by atoms with Gasteiger partial charge in [-0.25, -0.2) is 0 Å². The van der Waals surface area contributed by atoms with Gasteiger partial charge in [-0.2, -0.15) is 17.6 Å². The van der Waals surface area contributed by atoms with Gasteiger partial charge < -0.3 is 0 Å². The Morgan fingerprint density at radius 1 is 1.00 bits per heavy atom. The molecule has 0 aliphatic heterocycles. The first kappa shape index (κ1) is 14.0. The van der Waals surface area contributed by atoms with Crippen LogP contribution in [0.4, 0.5) is 23.2 Å². The Hall–Kier alpha value is -2.44. The van der Waals surface area contributed by atoms with Crippen LogP contribution in [0.2, 0.25) is 0 Å². The molecule has 0 heterocycles. The molecule has 20 heavy (non-hydrogen) atoms. The number of nitro groups is 1. The molecule has 7 heteroatoms. The quantitative estimate of drug-likeness (QED) is 0.465. The van der Waals surface area contributed by atoms with E-state index in [0.717, 1.165) is 30.3 Å². The minimum atomic E-state index is -4.49. The molecule has 0 saturated carbocycles. The maximum atomic E-state index is 13.9. The van der Waals surface area contributed by atoms with Crippen LogP contribution in [0.25, 0.3) is 11.1 Å². The van der Waals surface area contributed by atoms with Crippen molar-refractivity contribution in [3.63, 3.8) is 0 Å². The first-order chi connectivity index (χ1) is 9.30. The van der Waals surface area contributed by atoms with Crippen LogP contribution in [-0.4, -0.2) is 4.92 Å². The Morgan fingerprint density at radius 2 is 1.60 bits per heavy atom. The molecule has 0 N–H and O–H groups in total. The monoisotopic (exact) mass is 285 g/mol. The van der Waals surface area contributed by atoms with Gasteiger partial charge in [0.1, 0.15) is 0 Å². The van der Waals surface area contributed by atoms with Crippen LogP contribution in [0.5, 0.6) is 0 Å². The molecule has 0 radical (unpaired) electrons. The average Bonchev–Trinajstić information content (AvgIpc) is 2.38. The maximum absolute atomic E-state index is 13.9. The van der Waals surface area contributed by atoms with Gasteiger partial charge in [-0.05, 0) is 17.7 Å². The summed E-state index contributed by atoms with van der Waals surface area (Å²) < 4.78 is 51.1. The van der Waals surface area contributed by atoms with Crippen LogP contribution in [-0.2, 0) is 6.18 Å². The van der Waals surface area contributed by atoms with Gasteiger partial charge in [0.05, 0.1) is 10.5 Å². The summed E-state index contributed by atoms with van der Waals surface area (Å²) in [6.45, 7) is 0. The van der Waals surface area contributed by atoms with E-state index in [0.29, 0.717) is 0 Å². The first-order valence-corrected chi connectivity index (χ1v) is 5.41. The molecule has 0 aliphatic rings. The van der Waals surface area contributed by atoms with E-state index in [1.165, 1.54) is 12.1 Å². The van der Waals surface area contributed by atoms with Crippen molar-refractivity contribution in [1.29, 1.82) is 0 Å². The largest absolute Gasteiger partial charge is 0.416 e. The molecule has 0 unspecified atom stereocenters. The van der Waals surface area contributed by atoms with E-state index < -0.39 is 28.2 Å². The predicted octanol–water partition coefficient (Wildman–Crippen LogP) is 4.42. The van der Waals surface area contributed by atoms with Crippen molar-refractivity contribution in [1.82, 2.24) is 0 Å². The Balaban J connectivity index is 2.48. The number of nitro benzene ring substituents is 1. The van der Waals surface area contributed by atoms with Crippen molar-refractivity contribution in [3.05, 3.63) is 64.0 Å². The van der Waals surface area contributed by atoms with Crippen molar-refractivity contribution in [2.75, 3.05) is 0 Å². The molecule has 2 aromatic carbocycles. The maximum Gasteiger partial charge on any atom is 0.416 e. The molecule has 0 saturated heterocycles. The summed E-state index contributed by atoms with van der Waals surface area (Å²) >= 11 is 0. The van der Waals surface area contributed by atoms with Crippen LogP contribution >= 0.6 is 0 Å². The molecule has 3 nitrogen and oxygen atoms in total. The van der Waals surface area contributed by atoms with Gasteiger partial charge in [-0.1, -0.05) is 24.3 Å². The zero-order chi connectivity index (χ0) is 14.9. The summed E-state index contributed by atoms with van der Waals surface area (Å²) in [5, 5.41) is 10.6. The van der Waals surface area contributed by atoms with Crippen LogP contribution in [0.1, 0.15) is 5.56 Å². The molecule has 104 valence electrons. The zero-order valence-corrected chi connectivity index (χ0v) is 9.82. The standard InChI is InChI=1S/C13H7F4NO2/c14-12-10(2-1-3-11(12)18(19)20)8-4-6-9(7-5-8)13(15,16)17/h1-7H. The lowest BCUT2D eigenvalue weighted by molar-refractivity contribution is -0.387. The highest BCUT2D eigenvalue weighted by Crippen LogP contribution is 2.33. The molecule has 2 aromatic rings. The van der Waals surface area contributed by atoms with E-state index >= 15 is 0 Å². The molecular formula is C13H7F4NO2. The smallest absolute Gasteiger partial charge is 0.258 e. The molecular weight excluding hydrogens is 278 g/mol. The number of halogens is 4. The summed E-state index contributed by atoms with van der Waals surface area (Å²) in [6.07, 6.45) is -4.49. The number of rotatable bonds is 2. The highest BCUT2D eigenvalue weighted by atomic mass is 19.4. The molecule has 0 aromatic heterocycles. The highest BCUT2D eigenvalue weighted by Gasteiger charge is 2.30. The predicted molar refractivity (Wildman–Crippen MR) is 63.5 cm³/mol. The summed E-state index contributed by atoms with van der Waals surface area (Å²) in [5.41, 5.74) is -1.57. The minimum Gasteiger partial charge on any atom is -0.258 e. The molecule has 0 atom stereocenters. The molecule has 0 fully saturated rings. The Kier molecular flexibility index (Phi) is 3.44. The van der Waals surface area contributed by atoms with Crippen molar-refractivity contribution in [3.8, 4) is 11.1 Å². The summed E-state index contributed by atoms with van der Waals surface area (Å²) in [6, 6.07) is 7.28. The Bertz CT molecular complexity index is 650. The Labute approximate surface area is 110 Å². The number of hydrogen-bond acceptors (Lipinski definition) is 2. The lowest BCUT2D eigenvalue weighted by Crippen LogP contribution is -2.04. The number of alkyl halides is 3. The van der Waals surface area contributed by atoms with Gasteiger partial charge in [0.25, 0.3) is 0 Å². The Morgan fingerprint density at radius 3 is 2.10 bits per heavy atom.